The Morgan fingerprint density at radius 1 is 1.28 bits per heavy atom. The molecule has 1 amide bonds. The summed E-state index contributed by atoms with van der Waals surface area (Å²) in [5.41, 5.74) is 8.78. The van der Waals surface area contributed by atoms with Crippen molar-refractivity contribution in [3.8, 4) is 11.6 Å². The first-order chi connectivity index (χ1) is 13.8. The molecule has 0 radical (unpaired) electrons. The fraction of sp³-hybridized carbons (Fsp3) is 0.286. The third kappa shape index (κ3) is 5.13. The number of aromatic nitrogens is 3. The number of ether oxygens (including phenoxy) is 1. The Morgan fingerprint density at radius 3 is 2.55 bits per heavy atom. The number of amides is 1. The maximum absolute atomic E-state index is 11.1. The van der Waals surface area contributed by atoms with E-state index in [1.54, 1.807) is 12.1 Å². The first-order valence-electron chi connectivity index (χ1n) is 9.28. The van der Waals surface area contributed by atoms with Gasteiger partial charge in [0, 0.05) is 36.1 Å². The van der Waals surface area contributed by atoms with Crippen LogP contribution in [0.15, 0.2) is 42.6 Å². The second kappa shape index (κ2) is 9.07. The number of halogens is 1. The SMILES string of the molecule is Cc1[nH]nc(Cl)c1C(C)N(C)CCc1ccc(Oc2ccc(C(N)=O)cn2)cc1. The molecule has 8 heteroatoms. The summed E-state index contributed by atoms with van der Waals surface area (Å²) in [5, 5.41) is 7.53. The van der Waals surface area contributed by atoms with Crippen LogP contribution in [-0.4, -0.2) is 39.6 Å². The van der Waals surface area contributed by atoms with Crippen molar-refractivity contribution in [1.29, 1.82) is 0 Å². The van der Waals surface area contributed by atoms with E-state index in [2.05, 4.69) is 34.1 Å². The number of nitrogens with two attached hydrogens (primary N) is 1. The Morgan fingerprint density at radius 2 is 2.00 bits per heavy atom. The molecule has 3 N–H and O–H groups in total. The maximum atomic E-state index is 11.1. The van der Waals surface area contributed by atoms with Gasteiger partial charge in [-0.05, 0) is 51.1 Å². The lowest BCUT2D eigenvalue weighted by Crippen LogP contribution is -2.25. The van der Waals surface area contributed by atoms with Gasteiger partial charge in [-0.3, -0.25) is 14.8 Å². The van der Waals surface area contributed by atoms with E-state index in [-0.39, 0.29) is 6.04 Å². The monoisotopic (exact) mass is 413 g/mol. The third-order valence-corrected chi connectivity index (χ3v) is 5.23. The normalized spacial score (nSPS) is 12.2. The standard InChI is InChI=1S/C21H24ClN5O2/c1-13-19(20(22)26-25-13)14(2)27(3)11-10-15-4-7-17(8-5-15)29-18-9-6-16(12-24-18)21(23)28/h4-9,12,14H,10-11H2,1-3H3,(H2,23,28)(H,25,26). The van der Waals surface area contributed by atoms with E-state index in [4.69, 9.17) is 22.1 Å². The highest BCUT2D eigenvalue weighted by molar-refractivity contribution is 6.30. The first kappa shape index (κ1) is 20.8. The molecular formula is C21H24ClN5O2. The fourth-order valence-electron chi connectivity index (χ4n) is 3.04. The molecule has 152 valence electrons. The van der Waals surface area contributed by atoms with Gasteiger partial charge in [0.1, 0.15) is 5.75 Å². The maximum Gasteiger partial charge on any atom is 0.250 e. The molecule has 3 aromatic rings. The van der Waals surface area contributed by atoms with Crippen LogP contribution in [0.4, 0.5) is 0 Å². The van der Waals surface area contributed by atoms with Gasteiger partial charge in [-0.2, -0.15) is 5.10 Å². The summed E-state index contributed by atoms with van der Waals surface area (Å²) in [6.45, 7) is 4.98. The Kier molecular flexibility index (Phi) is 6.51. The molecule has 0 spiro atoms. The zero-order valence-electron chi connectivity index (χ0n) is 16.6. The molecule has 3 rings (SSSR count). The van der Waals surface area contributed by atoms with Gasteiger partial charge in [0.25, 0.3) is 0 Å². The second-order valence-electron chi connectivity index (χ2n) is 6.96. The quantitative estimate of drug-likeness (QED) is 0.583. The number of benzene rings is 1. The number of aromatic amines is 1. The molecule has 2 heterocycles. The lowest BCUT2D eigenvalue weighted by molar-refractivity contribution is 0.1000. The van der Waals surface area contributed by atoms with Gasteiger partial charge in [0.05, 0.1) is 5.56 Å². The van der Waals surface area contributed by atoms with Crippen LogP contribution in [0.5, 0.6) is 11.6 Å². The highest BCUT2D eigenvalue weighted by Gasteiger charge is 2.19. The number of likely N-dealkylation sites (N-methyl/N-ethyl adjacent to an activating group) is 1. The van der Waals surface area contributed by atoms with E-state index in [9.17, 15) is 4.79 Å². The molecule has 0 saturated heterocycles. The highest BCUT2D eigenvalue weighted by Crippen LogP contribution is 2.28. The largest absolute Gasteiger partial charge is 0.439 e. The van der Waals surface area contributed by atoms with Crippen molar-refractivity contribution >= 4 is 17.5 Å². The lowest BCUT2D eigenvalue weighted by Gasteiger charge is -2.25. The molecule has 0 aliphatic rings. The van der Waals surface area contributed by atoms with Crippen molar-refractivity contribution < 1.29 is 9.53 Å². The molecule has 29 heavy (non-hydrogen) atoms. The summed E-state index contributed by atoms with van der Waals surface area (Å²) in [6.07, 6.45) is 2.29. The minimum Gasteiger partial charge on any atom is -0.439 e. The van der Waals surface area contributed by atoms with Gasteiger partial charge in [-0.1, -0.05) is 23.7 Å². The third-order valence-electron chi connectivity index (χ3n) is 4.95. The van der Waals surface area contributed by atoms with Crippen molar-refractivity contribution in [3.05, 3.63) is 70.1 Å². The molecule has 0 saturated carbocycles. The van der Waals surface area contributed by atoms with Gasteiger partial charge in [0.15, 0.2) is 5.15 Å². The number of carbonyl (C=O) groups is 1. The van der Waals surface area contributed by atoms with Crippen LogP contribution in [0.25, 0.3) is 0 Å². The van der Waals surface area contributed by atoms with Crippen molar-refractivity contribution in [2.24, 2.45) is 5.73 Å². The van der Waals surface area contributed by atoms with E-state index in [0.29, 0.717) is 22.3 Å². The number of aryl methyl sites for hydroxylation is 1. The summed E-state index contributed by atoms with van der Waals surface area (Å²) in [7, 11) is 2.08. The van der Waals surface area contributed by atoms with Crippen LogP contribution in [0.2, 0.25) is 5.15 Å². The fourth-order valence-corrected chi connectivity index (χ4v) is 3.39. The molecule has 1 aromatic carbocycles. The molecule has 0 aliphatic heterocycles. The number of hydrogen-bond acceptors (Lipinski definition) is 5. The van der Waals surface area contributed by atoms with Crippen LogP contribution in [-0.2, 0) is 6.42 Å². The summed E-state index contributed by atoms with van der Waals surface area (Å²) in [5.74, 6) is 0.567. The number of hydrogen-bond donors (Lipinski definition) is 2. The minimum atomic E-state index is -0.516. The number of carbonyl (C=O) groups excluding carboxylic acids is 1. The molecule has 2 aromatic heterocycles. The predicted octanol–water partition coefficient (Wildman–Crippen LogP) is 3.89. The van der Waals surface area contributed by atoms with E-state index in [1.807, 2.05) is 31.2 Å². The molecule has 0 bridgehead atoms. The topological polar surface area (TPSA) is 97.1 Å². The first-order valence-corrected chi connectivity index (χ1v) is 9.66. The lowest BCUT2D eigenvalue weighted by atomic mass is 10.1. The average molecular weight is 414 g/mol. The van der Waals surface area contributed by atoms with Crippen LogP contribution >= 0.6 is 11.6 Å². The van der Waals surface area contributed by atoms with E-state index < -0.39 is 5.91 Å². The Bertz CT molecular complexity index is 950. The second-order valence-corrected chi connectivity index (χ2v) is 7.31. The summed E-state index contributed by atoms with van der Waals surface area (Å²) >= 11 is 6.20. The Hall–Kier alpha value is -2.90. The Balaban J connectivity index is 1.55. The Labute approximate surface area is 174 Å². The number of nitrogens with zero attached hydrogens (tertiary/aromatic N) is 3. The minimum absolute atomic E-state index is 0.165. The summed E-state index contributed by atoms with van der Waals surface area (Å²) in [6, 6.07) is 11.2. The predicted molar refractivity (Wildman–Crippen MR) is 112 cm³/mol. The van der Waals surface area contributed by atoms with Gasteiger partial charge in [-0.15, -0.1) is 0 Å². The number of nitrogens with one attached hydrogen (secondary N) is 1. The van der Waals surface area contributed by atoms with Crippen LogP contribution < -0.4 is 10.5 Å². The van der Waals surface area contributed by atoms with E-state index in [1.165, 1.54) is 11.8 Å². The number of pyridine rings is 1. The van der Waals surface area contributed by atoms with Crippen molar-refractivity contribution in [2.75, 3.05) is 13.6 Å². The number of H-pyrrole nitrogens is 1. The van der Waals surface area contributed by atoms with Gasteiger partial charge >= 0.3 is 0 Å². The molecular weight excluding hydrogens is 390 g/mol. The highest BCUT2D eigenvalue weighted by atomic mass is 35.5. The van der Waals surface area contributed by atoms with Crippen LogP contribution in [0.3, 0.4) is 0 Å². The van der Waals surface area contributed by atoms with Crippen LogP contribution in [0, 0.1) is 6.92 Å². The summed E-state index contributed by atoms with van der Waals surface area (Å²) in [4.78, 5) is 17.4. The number of primary amides is 1. The van der Waals surface area contributed by atoms with Gasteiger partial charge in [0.2, 0.25) is 11.8 Å². The smallest absolute Gasteiger partial charge is 0.250 e. The number of rotatable bonds is 8. The molecule has 1 atom stereocenters. The van der Waals surface area contributed by atoms with Gasteiger partial charge < -0.3 is 10.5 Å². The van der Waals surface area contributed by atoms with Crippen molar-refractivity contribution in [2.45, 2.75) is 26.3 Å². The van der Waals surface area contributed by atoms with E-state index in [0.717, 1.165) is 24.2 Å². The molecule has 7 nitrogen and oxygen atoms in total. The van der Waals surface area contributed by atoms with Crippen molar-refractivity contribution in [3.63, 3.8) is 0 Å². The van der Waals surface area contributed by atoms with Crippen LogP contribution in [0.1, 0.15) is 40.1 Å². The zero-order valence-corrected chi connectivity index (χ0v) is 17.4. The summed E-state index contributed by atoms with van der Waals surface area (Å²) < 4.78 is 5.71. The molecule has 0 fully saturated rings. The average Bonchev–Trinajstić information content (AvgIpc) is 3.05. The molecule has 0 aliphatic carbocycles. The zero-order chi connectivity index (χ0) is 21.0. The van der Waals surface area contributed by atoms with E-state index >= 15 is 0 Å². The van der Waals surface area contributed by atoms with Crippen molar-refractivity contribution in [1.82, 2.24) is 20.1 Å². The van der Waals surface area contributed by atoms with Gasteiger partial charge in [-0.25, -0.2) is 4.98 Å². The molecule has 1 unspecified atom stereocenters.